The van der Waals surface area contributed by atoms with Crippen molar-refractivity contribution in [3.8, 4) is 11.1 Å². The maximum absolute atomic E-state index is 13.0. The summed E-state index contributed by atoms with van der Waals surface area (Å²) in [6.07, 6.45) is 3.17. The molecule has 216 valence electrons. The van der Waals surface area contributed by atoms with Gasteiger partial charge in [0, 0.05) is 25.1 Å². The summed E-state index contributed by atoms with van der Waals surface area (Å²) in [6.45, 7) is 4.62. The van der Waals surface area contributed by atoms with E-state index in [4.69, 9.17) is 4.98 Å². The van der Waals surface area contributed by atoms with Crippen molar-refractivity contribution in [2.75, 3.05) is 6.54 Å². The number of carbonyl (C=O) groups is 2. The molecule has 0 spiro atoms. The molecule has 0 aliphatic heterocycles. The first-order chi connectivity index (χ1) is 19.7. The zero-order valence-corrected chi connectivity index (χ0v) is 25.2. The monoisotopic (exact) mass is 612 g/mol. The van der Waals surface area contributed by atoms with E-state index in [1.54, 1.807) is 34.9 Å². The predicted molar refractivity (Wildman–Crippen MR) is 161 cm³/mol. The quantitative estimate of drug-likeness (QED) is 0.163. The lowest BCUT2D eigenvalue weighted by molar-refractivity contribution is 0.0681. The Labute approximate surface area is 248 Å². The second-order valence-electron chi connectivity index (χ2n) is 9.27. The molecule has 2 heterocycles. The van der Waals surface area contributed by atoms with Gasteiger partial charge in [-0.25, -0.2) is 27.7 Å². The molecule has 0 aliphatic carbocycles. The number of nitrogens with zero attached hydrogens (tertiary/aromatic N) is 2. The molecule has 0 bridgehead atoms. The zero-order valence-electron chi connectivity index (χ0n) is 22.8. The molecule has 3 N–H and O–H groups in total. The number of hydrogen-bond acceptors (Lipinski definition) is 7. The molecule has 4 rings (SSSR count). The number of thiophene rings is 1. The minimum Gasteiger partial charge on any atom is -0.476 e. The van der Waals surface area contributed by atoms with Gasteiger partial charge in [-0.1, -0.05) is 80.6 Å². The fourth-order valence-electron chi connectivity index (χ4n) is 4.23. The predicted octanol–water partition coefficient (Wildman–Crippen LogP) is 6.25. The maximum Gasteiger partial charge on any atom is 0.355 e. The Morgan fingerprint density at radius 3 is 2.44 bits per heavy atom. The number of nitrogens with one attached hydrogen (secondary N) is 2. The summed E-state index contributed by atoms with van der Waals surface area (Å²) in [7, 11) is -4.12. The number of aromatic nitrogens is 2. The van der Waals surface area contributed by atoms with E-state index in [1.807, 2.05) is 36.6 Å². The highest BCUT2D eigenvalue weighted by molar-refractivity contribution is 8.01. The summed E-state index contributed by atoms with van der Waals surface area (Å²) in [5, 5.41) is 15.1. The van der Waals surface area contributed by atoms with Gasteiger partial charge in [0.2, 0.25) is 0 Å². The summed E-state index contributed by atoms with van der Waals surface area (Å²) in [5.74, 6) is -0.318. The number of carbonyl (C=O) groups excluding carboxylic acids is 1. The molecule has 2 aromatic carbocycles. The van der Waals surface area contributed by atoms with Gasteiger partial charge in [-0.05, 0) is 41.5 Å². The van der Waals surface area contributed by atoms with Crippen LogP contribution in [0.2, 0.25) is 0 Å². The van der Waals surface area contributed by atoms with E-state index < -0.39 is 22.0 Å². The van der Waals surface area contributed by atoms with Gasteiger partial charge in [-0.3, -0.25) is 0 Å². The van der Waals surface area contributed by atoms with Crippen LogP contribution in [0, 0.1) is 0 Å². The zero-order chi connectivity index (χ0) is 29.4. The largest absolute Gasteiger partial charge is 0.476 e. The van der Waals surface area contributed by atoms with Crippen molar-refractivity contribution < 1.29 is 23.1 Å². The van der Waals surface area contributed by atoms with E-state index in [-0.39, 0.29) is 10.6 Å². The van der Waals surface area contributed by atoms with Gasteiger partial charge in [0.15, 0.2) is 5.69 Å². The molecule has 12 heteroatoms. The van der Waals surface area contributed by atoms with E-state index in [0.29, 0.717) is 42.1 Å². The molecule has 0 radical (unpaired) electrons. The number of amides is 2. The molecule has 4 aromatic rings. The molecule has 2 aromatic heterocycles. The van der Waals surface area contributed by atoms with Crippen LogP contribution in [0.25, 0.3) is 11.1 Å². The molecular weight excluding hydrogens is 581 g/mol. The Kier molecular flexibility index (Phi) is 10.2. The Hall–Kier alpha value is -3.61. The SMILES string of the molecule is CCCCc1nc(Sc2cccs2)c(C(=O)O)n1Cc1ccc(-c2ccccc2S(=O)(=O)NC(=O)NCCC)cc1. The number of unbranched alkanes of at least 4 members (excludes halogenated alkanes) is 1. The van der Waals surface area contributed by atoms with E-state index in [2.05, 4.69) is 17.0 Å². The van der Waals surface area contributed by atoms with Crippen LogP contribution in [0.5, 0.6) is 0 Å². The van der Waals surface area contributed by atoms with Crippen LogP contribution < -0.4 is 10.0 Å². The van der Waals surface area contributed by atoms with Crippen molar-refractivity contribution in [1.82, 2.24) is 19.6 Å². The van der Waals surface area contributed by atoms with E-state index in [1.165, 1.54) is 29.2 Å². The van der Waals surface area contributed by atoms with Gasteiger partial charge in [-0.2, -0.15) is 0 Å². The van der Waals surface area contributed by atoms with Crippen LogP contribution in [0.3, 0.4) is 0 Å². The van der Waals surface area contributed by atoms with Gasteiger partial charge < -0.3 is 15.0 Å². The van der Waals surface area contributed by atoms with Crippen molar-refractivity contribution in [2.45, 2.75) is 60.2 Å². The number of benzene rings is 2. The molecule has 9 nitrogen and oxygen atoms in total. The molecular formula is C29H32N4O5S3. The van der Waals surface area contributed by atoms with Crippen molar-refractivity contribution >= 4 is 45.1 Å². The number of carboxylic acids is 1. The summed E-state index contributed by atoms with van der Waals surface area (Å²) in [5.41, 5.74) is 2.09. The van der Waals surface area contributed by atoms with E-state index in [9.17, 15) is 23.1 Å². The number of sulfonamides is 1. The van der Waals surface area contributed by atoms with Gasteiger partial charge in [0.05, 0.1) is 9.10 Å². The molecule has 0 atom stereocenters. The summed E-state index contributed by atoms with van der Waals surface area (Å²) in [4.78, 5) is 29.2. The first-order valence-electron chi connectivity index (χ1n) is 13.3. The third-order valence-electron chi connectivity index (χ3n) is 6.21. The van der Waals surface area contributed by atoms with Gasteiger partial charge >= 0.3 is 12.0 Å². The van der Waals surface area contributed by atoms with E-state index >= 15 is 0 Å². The minimum absolute atomic E-state index is 0.0146. The third-order valence-corrected chi connectivity index (χ3v) is 9.61. The summed E-state index contributed by atoms with van der Waals surface area (Å²) < 4.78 is 30.8. The first kappa shape index (κ1) is 30.4. The van der Waals surface area contributed by atoms with E-state index in [0.717, 1.165) is 28.4 Å². The van der Waals surface area contributed by atoms with Crippen LogP contribution in [0.1, 0.15) is 55.0 Å². The second kappa shape index (κ2) is 13.8. The Morgan fingerprint density at radius 2 is 1.78 bits per heavy atom. The molecule has 0 saturated carbocycles. The lowest BCUT2D eigenvalue weighted by Gasteiger charge is -2.14. The lowest BCUT2D eigenvalue weighted by Crippen LogP contribution is -2.39. The summed E-state index contributed by atoms with van der Waals surface area (Å²) >= 11 is 2.89. The number of urea groups is 1. The van der Waals surface area contributed by atoms with Crippen molar-refractivity contribution in [3.63, 3.8) is 0 Å². The highest BCUT2D eigenvalue weighted by atomic mass is 32.2. The second-order valence-corrected chi connectivity index (χ2v) is 13.2. The molecule has 41 heavy (non-hydrogen) atoms. The van der Waals surface area contributed by atoms with Crippen molar-refractivity contribution in [2.24, 2.45) is 0 Å². The van der Waals surface area contributed by atoms with Crippen molar-refractivity contribution in [1.29, 1.82) is 0 Å². The van der Waals surface area contributed by atoms with Gasteiger partial charge in [0.1, 0.15) is 10.9 Å². The van der Waals surface area contributed by atoms with Crippen LogP contribution in [0.15, 0.2) is 80.2 Å². The van der Waals surface area contributed by atoms with Gasteiger partial charge in [-0.15, -0.1) is 11.3 Å². The number of imidazole rings is 1. The van der Waals surface area contributed by atoms with Crippen LogP contribution in [-0.2, 0) is 23.0 Å². The molecule has 0 fully saturated rings. The van der Waals surface area contributed by atoms with Crippen LogP contribution in [-0.4, -0.2) is 41.6 Å². The molecule has 0 aliphatic rings. The van der Waals surface area contributed by atoms with Crippen LogP contribution in [0.4, 0.5) is 4.79 Å². The minimum atomic E-state index is -4.12. The lowest BCUT2D eigenvalue weighted by atomic mass is 10.0. The highest BCUT2D eigenvalue weighted by Crippen LogP contribution is 2.34. The normalized spacial score (nSPS) is 11.4. The number of aromatic carboxylic acids is 1. The standard InChI is InChI=1S/C29H32N4O5S3/c1-3-5-11-24-31-27(40-25-12-8-18-39-25)26(28(34)35)33(24)19-20-13-15-21(16-14-20)22-9-6-7-10-23(22)41(37,38)32-29(36)30-17-4-2/h6-10,12-16,18H,3-5,11,17,19H2,1-2H3,(H,34,35)(H2,30,32,36). The summed E-state index contributed by atoms with van der Waals surface area (Å²) in [6, 6.07) is 16.9. The Balaban J connectivity index is 1.63. The number of aryl methyl sites for hydroxylation is 1. The average molecular weight is 613 g/mol. The molecule has 2 amide bonds. The Bertz CT molecular complexity index is 1600. The molecule has 0 unspecified atom stereocenters. The van der Waals surface area contributed by atoms with Crippen molar-refractivity contribution in [3.05, 3.63) is 83.1 Å². The topological polar surface area (TPSA) is 130 Å². The van der Waals surface area contributed by atoms with Crippen LogP contribution >= 0.6 is 23.1 Å². The fraction of sp³-hybridized carbons (Fsp3) is 0.276. The maximum atomic E-state index is 13.0. The number of rotatable bonds is 13. The third kappa shape index (κ3) is 7.57. The average Bonchev–Trinajstić information content (AvgIpc) is 3.59. The van der Waals surface area contributed by atoms with Gasteiger partial charge in [0.25, 0.3) is 10.0 Å². The number of hydrogen-bond donors (Lipinski definition) is 3. The Morgan fingerprint density at radius 1 is 1.02 bits per heavy atom. The fourth-order valence-corrected chi connectivity index (χ4v) is 7.22. The number of carboxylic acid groups (broad SMARTS) is 1. The molecule has 0 saturated heterocycles. The smallest absolute Gasteiger partial charge is 0.355 e. The first-order valence-corrected chi connectivity index (χ1v) is 16.4. The highest BCUT2D eigenvalue weighted by Gasteiger charge is 2.24.